The Labute approximate surface area is 127 Å². The van der Waals surface area contributed by atoms with Gasteiger partial charge in [-0.3, -0.25) is 0 Å². The Morgan fingerprint density at radius 3 is 2.62 bits per heavy atom. The van der Waals surface area contributed by atoms with Crippen molar-refractivity contribution in [3.63, 3.8) is 0 Å². The smallest absolute Gasteiger partial charge is 0.242 e. The number of hydrogen-bond acceptors (Lipinski definition) is 4. The number of aliphatic hydroxyl groups is 1. The first kappa shape index (κ1) is 18.1. The molecule has 1 unspecified atom stereocenters. The highest BCUT2D eigenvalue weighted by molar-refractivity contribution is 7.89. The molecule has 6 heteroatoms. The Bertz CT molecular complexity index is 531. The lowest BCUT2D eigenvalue weighted by Gasteiger charge is -2.18. The Balaban J connectivity index is 2.82. The SMILES string of the molecule is CCC(N)c1cccc(S(=O)(=O)N(C)CCCCCO)c1. The van der Waals surface area contributed by atoms with Crippen LogP contribution in [0.5, 0.6) is 0 Å². The van der Waals surface area contributed by atoms with Gasteiger partial charge in [-0.1, -0.05) is 19.1 Å². The Hall–Kier alpha value is -0.950. The van der Waals surface area contributed by atoms with Crippen molar-refractivity contribution in [2.24, 2.45) is 5.73 Å². The van der Waals surface area contributed by atoms with E-state index in [9.17, 15) is 8.42 Å². The van der Waals surface area contributed by atoms with E-state index in [-0.39, 0.29) is 17.5 Å². The maximum Gasteiger partial charge on any atom is 0.242 e. The van der Waals surface area contributed by atoms with Gasteiger partial charge in [0.2, 0.25) is 10.0 Å². The number of benzene rings is 1. The van der Waals surface area contributed by atoms with Crippen LogP contribution in [0.15, 0.2) is 29.2 Å². The van der Waals surface area contributed by atoms with E-state index in [1.54, 1.807) is 25.2 Å². The number of nitrogens with two attached hydrogens (primary N) is 1. The summed E-state index contributed by atoms with van der Waals surface area (Å²) in [5.74, 6) is 0. The molecular formula is C15H26N2O3S. The standard InChI is InChI=1S/C15H26N2O3S/c1-3-15(16)13-8-7-9-14(12-13)21(19,20)17(2)10-5-4-6-11-18/h7-9,12,15,18H,3-6,10-11,16H2,1-2H3. The average molecular weight is 314 g/mol. The quantitative estimate of drug-likeness (QED) is 0.682. The molecule has 0 saturated heterocycles. The summed E-state index contributed by atoms with van der Waals surface area (Å²) in [6, 6.07) is 6.71. The van der Waals surface area contributed by atoms with Gasteiger partial charge < -0.3 is 10.8 Å². The van der Waals surface area contributed by atoms with Crippen molar-refractivity contribution in [1.29, 1.82) is 0 Å². The molecule has 21 heavy (non-hydrogen) atoms. The van der Waals surface area contributed by atoms with Crippen LogP contribution in [0, 0.1) is 0 Å². The first-order valence-corrected chi connectivity index (χ1v) is 8.80. The Morgan fingerprint density at radius 1 is 1.29 bits per heavy atom. The highest BCUT2D eigenvalue weighted by Gasteiger charge is 2.21. The van der Waals surface area contributed by atoms with Gasteiger partial charge in [0.25, 0.3) is 0 Å². The molecule has 0 aromatic heterocycles. The van der Waals surface area contributed by atoms with E-state index in [0.29, 0.717) is 13.0 Å². The molecule has 1 rings (SSSR count). The van der Waals surface area contributed by atoms with Crippen molar-refractivity contribution < 1.29 is 13.5 Å². The van der Waals surface area contributed by atoms with Gasteiger partial charge in [-0.2, -0.15) is 0 Å². The molecule has 0 spiro atoms. The van der Waals surface area contributed by atoms with Crippen LogP contribution < -0.4 is 5.73 Å². The van der Waals surface area contributed by atoms with Gasteiger partial charge in [-0.25, -0.2) is 12.7 Å². The number of hydrogen-bond donors (Lipinski definition) is 2. The van der Waals surface area contributed by atoms with Crippen molar-refractivity contribution in [2.45, 2.75) is 43.5 Å². The van der Waals surface area contributed by atoms with Crippen molar-refractivity contribution in [1.82, 2.24) is 4.31 Å². The summed E-state index contributed by atoms with van der Waals surface area (Å²) in [5, 5.41) is 8.73. The minimum atomic E-state index is -3.48. The second kappa shape index (κ2) is 8.48. The molecular weight excluding hydrogens is 288 g/mol. The summed E-state index contributed by atoms with van der Waals surface area (Å²) in [5.41, 5.74) is 6.80. The summed E-state index contributed by atoms with van der Waals surface area (Å²) in [6.45, 7) is 2.57. The number of nitrogens with zero attached hydrogens (tertiary/aromatic N) is 1. The van der Waals surface area contributed by atoms with Crippen LogP contribution in [0.2, 0.25) is 0 Å². The molecule has 120 valence electrons. The van der Waals surface area contributed by atoms with Gasteiger partial charge in [0.15, 0.2) is 0 Å². The van der Waals surface area contributed by atoms with E-state index < -0.39 is 10.0 Å². The lowest BCUT2D eigenvalue weighted by molar-refractivity contribution is 0.281. The second-order valence-corrected chi connectivity index (χ2v) is 7.24. The van der Waals surface area contributed by atoms with Crippen molar-refractivity contribution in [2.75, 3.05) is 20.2 Å². The van der Waals surface area contributed by atoms with Crippen LogP contribution in [0.4, 0.5) is 0 Å². The molecule has 0 radical (unpaired) electrons. The average Bonchev–Trinajstić information content (AvgIpc) is 2.50. The van der Waals surface area contributed by atoms with Crippen LogP contribution in [-0.2, 0) is 10.0 Å². The number of rotatable bonds is 9. The van der Waals surface area contributed by atoms with E-state index in [0.717, 1.165) is 24.8 Å². The first-order valence-electron chi connectivity index (χ1n) is 7.36. The van der Waals surface area contributed by atoms with Gasteiger partial charge in [-0.15, -0.1) is 0 Å². The summed E-state index contributed by atoms with van der Waals surface area (Å²) in [6.07, 6.45) is 3.02. The zero-order valence-corrected chi connectivity index (χ0v) is 13.6. The van der Waals surface area contributed by atoms with Crippen LogP contribution in [0.25, 0.3) is 0 Å². The number of unbranched alkanes of at least 4 members (excludes halogenated alkanes) is 2. The summed E-state index contributed by atoms with van der Waals surface area (Å²) in [7, 11) is -1.89. The highest BCUT2D eigenvalue weighted by atomic mass is 32.2. The second-order valence-electron chi connectivity index (χ2n) is 5.20. The van der Waals surface area contributed by atoms with Gasteiger partial charge in [0, 0.05) is 26.2 Å². The monoisotopic (exact) mass is 314 g/mol. The van der Waals surface area contributed by atoms with Gasteiger partial charge in [0.05, 0.1) is 4.90 Å². The predicted octanol–water partition coefficient (Wildman–Crippen LogP) is 1.88. The number of aliphatic hydroxyl groups excluding tert-OH is 1. The molecule has 0 heterocycles. The molecule has 0 fully saturated rings. The zero-order chi connectivity index (χ0) is 15.9. The third-order valence-corrected chi connectivity index (χ3v) is 5.42. The largest absolute Gasteiger partial charge is 0.396 e. The molecule has 0 amide bonds. The fraction of sp³-hybridized carbons (Fsp3) is 0.600. The molecule has 0 aliphatic rings. The van der Waals surface area contributed by atoms with Gasteiger partial charge >= 0.3 is 0 Å². The molecule has 1 aromatic carbocycles. The van der Waals surface area contributed by atoms with Gasteiger partial charge in [-0.05, 0) is 43.4 Å². The van der Waals surface area contributed by atoms with Crippen molar-refractivity contribution >= 4 is 10.0 Å². The highest BCUT2D eigenvalue weighted by Crippen LogP contribution is 2.20. The summed E-state index contributed by atoms with van der Waals surface area (Å²) >= 11 is 0. The van der Waals surface area contributed by atoms with Crippen LogP contribution in [-0.4, -0.2) is 38.0 Å². The van der Waals surface area contributed by atoms with Crippen LogP contribution in [0.1, 0.15) is 44.2 Å². The van der Waals surface area contributed by atoms with E-state index in [2.05, 4.69) is 0 Å². The molecule has 5 nitrogen and oxygen atoms in total. The van der Waals surface area contributed by atoms with Crippen molar-refractivity contribution in [3.05, 3.63) is 29.8 Å². The summed E-state index contributed by atoms with van der Waals surface area (Å²) < 4.78 is 26.4. The third kappa shape index (κ3) is 5.07. The minimum Gasteiger partial charge on any atom is -0.396 e. The zero-order valence-electron chi connectivity index (χ0n) is 12.8. The van der Waals surface area contributed by atoms with E-state index >= 15 is 0 Å². The Morgan fingerprint density at radius 2 is 2.00 bits per heavy atom. The van der Waals surface area contributed by atoms with E-state index in [1.165, 1.54) is 4.31 Å². The molecule has 0 saturated carbocycles. The maximum absolute atomic E-state index is 12.5. The predicted molar refractivity (Wildman–Crippen MR) is 84.4 cm³/mol. The first-order chi connectivity index (χ1) is 9.93. The number of sulfonamides is 1. The normalized spacial score (nSPS) is 13.6. The molecule has 1 atom stereocenters. The lowest BCUT2D eigenvalue weighted by atomic mass is 10.1. The Kier molecular flexibility index (Phi) is 7.31. The van der Waals surface area contributed by atoms with Crippen LogP contribution in [0.3, 0.4) is 0 Å². The van der Waals surface area contributed by atoms with E-state index in [4.69, 9.17) is 10.8 Å². The maximum atomic E-state index is 12.5. The lowest BCUT2D eigenvalue weighted by Crippen LogP contribution is -2.28. The topological polar surface area (TPSA) is 83.6 Å². The fourth-order valence-corrected chi connectivity index (χ4v) is 3.33. The molecule has 0 aliphatic heterocycles. The third-order valence-electron chi connectivity index (χ3n) is 3.57. The minimum absolute atomic E-state index is 0.144. The summed E-state index contributed by atoms with van der Waals surface area (Å²) in [4.78, 5) is 0.286. The molecule has 0 bridgehead atoms. The van der Waals surface area contributed by atoms with Crippen LogP contribution >= 0.6 is 0 Å². The van der Waals surface area contributed by atoms with E-state index in [1.807, 2.05) is 13.0 Å². The molecule has 1 aromatic rings. The fourth-order valence-electron chi connectivity index (χ4n) is 2.06. The molecule has 3 N–H and O–H groups in total. The van der Waals surface area contributed by atoms with Crippen molar-refractivity contribution in [3.8, 4) is 0 Å². The molecule has 0 aliphatic carbocycles. The van der Waals surface area contributed by atoms with Gasteiger partial charge in [0.1, 0.15) is 0 Å².